The number of sulfonamides is 1. The number of benzene rings is 1. The van der Waals surface area contributed by atoms with Crippen molar-refractivity contribution in [1.29, 1.82) is 0 Å². The quantitative estimate of drug-likeness (QED) is 0.891. The van der Waals surface area contributed by atoms with Crippen molar-refractivity contribution in [2.24, 2.45) is 5.92 Å². The average molecular weight is 347 g/mol. The molecule has 1 aromatic carbocycles. The summed E-state index contributed by atoms with van der Waals surface area (Å²) in [7, 11) is -3.33. The molecule has 0 saturated carbocycles. The molecule has 0 aromatic heterocycles. The monoisotopic (exact) mass is 346 g/mol. The molecule has 0 atom stereocenters. The molecule has 1 aromatic rings. The largest absolute Gasteiger partial charge is 0.317 e. The van der Waals surface area contributed by atoms with Gasteiger partial charge < -0.3 is 5.32 Å². The number of aryl methyl sites for hydroxylation is 2. The standard InChI is InChI=1S/C16H26N2O2S.ClH/c1-4-17-12-15-7-9-18(10-8-15)21(19,20)16-6-5-13(2)14(3)11-16;/h5-6,11,15,17H,4,7-10,12H2,1-3H3;1H. The van der Waals surface area contributed by atoms with Gasteiger partial charge in [-0.15, -0.1) is 12.4 Å². The fraction of sp³-hybridized carbons (Fsp3) is 0.625. The van der Waals surface area contributed by atoms with Gasteiger partial charge >= 0.3 is 0 Å². The first kappa shape index (κ1) is 19.4. The Morgan fingerprint density at radius 3 is 2.36 bits per heavy atom. The zero-order chi connectivity index (χ0) is 15.5. The van der Waals surface area contributed by atoms with Crippen LogP contribution in [0.5, 0.6) is 0 Å². The van der Waals surface area contributed by atoms with Crippen LogP contribution in [0.25, 0.3) is 0 Å². The average Bonchev–Trinajstić information content (AvgIpc) is 2.48. The van der Waals surface area contributed by atoms with Gasteiger partial charge in [-0.3, -0.25) is 0 Å². The van der Waals surface area contributed by atoms with Gasteiger partial charge in [-0.2, -0.15) is 4.31 Å². The highest BCUT2D eigenvalue weighted by Crippen LogP contribution is 2.24. The molecule has 0 bridgehead atoms. The molecule has 0 aliphatic carbocycles. The minimum atomic E-state index is -3.33. The van der Waals surface area contributed by atoms with Crippen molar-refractivity contribution >= 4 is 22.4 Å². The molecule has 1 aliphatic heterocycles. The van der Waals surface area contributed by atoms with E-state index in [4.69, 9.17) is 0 Å². The fourth-order valence-corrected chi connectivity index (χ4v) is 4.28. The SMILES string of the molecule is CCNCC1CCN(S(=O)(=O)c2ccc(C)c(C)c2)CC1.Cl. The normalized spacial score (nSPS) is 17.2. The fourth-order valence-electron chi connectivity index (χ4n) is 2.73. The summed E-state index contributed by atoms with van der Waals surface area (Å²) in [6, 6.07) is 5.40. The van der Waals surface area contributed by atoms with E-state index < -0.39 is 10.0 Å². The lowest BCUT2D eigenvalue weighted by Crippen LogP contribution is -2.40. The molecule has 0 unspecified atom stereocenters. The summed E-state index contributed by atoms with van der Waals surface area (Å²) < 4.78 is 27.0. The van der Waals surface area contributed by atoms with Gasteiger partial charge in [0.2, 0.25) is 10.0 Å². The summed E-state index contributed by atoms with van der Waals surface area (Å²) in [6.45, 7) is 9.28. The van der Waals surface area contributed by atoms with Crippen LogP contribution in [0, 0.1) is 19.8 Å². The Hall–Kier alpha value is -0.620. The lowest BCUT2D eigenvalue weighted by Gasteiger charge is -2.31. The Balaban J connectivity index is 0.00000242. The van der Waals surface area contributed by atoms with Crippen LogP contribution in [0.4, 0.5) is 0 Å². The molecular formula is C16H27ClN2O2S. The summed E-state index contributed by atoms with van der Waals surface area (Å²) in [6.07, 6.45) is 1.88. The van der Waals surface area contributed by atoms with Crippen LogP contribution in [0.1, 0.15) is 30.9 Å². The zero-order valence-electron chi connectivity index (χ0n) is 13.6. The molecule has 22 heavy (non-hydrogen) atoms. The van der Waals surface area contributed by atoms with Gasteiger partial charge in [0.15, 0.2) is 0 Å². The van der Waals surface area contributed by atoms with E-state index in [1.54, 1.807) is 16.4 Å². The van der Waals surface area contributed by atoms with Crippen LogP contribution in [0.15, 0.2) is 23.1 Å². The number of piperidine rings is 1. The summed E-state index contributed by atoms with van der Waals surface area (Å²) >= 11 is 0. The molecule has 6 heteroatoms. The van der Waals surface area contributed by atoms with E-state index in [1.807, 2.05) is 19.9 Å². The van der Waals surface area contributed by atoms with Gasteiger partial charge in [-0.1, -0.05) is 13.0 Å². The van der Waals surface area contributed by atoms with E-state index in [0.29, 0.717) is 23.9 Å². The number of hydrogen-bond donors (Lipinski definition) is 1. The molecular weight excluding hydrogens is 320 g/mol. The first-order valence-corrected chi connectivity index (χ1v) is 9.17. The maximum atomic E-state index is 12.7. The molecule has 0 amide bonds. The predicted octanol–water partition coefficient (Wildman–Crippen LogP) is 2.74. The van der Waals surface area contributed by atoms with Crippen molar-refractivity contribution < 1.29 is 8.42 Å². The molecule has 2 rings (SSSR count). The van der Waals surface area contributed by atoms with Crippen molar-refractivity contribution in [2.45, 2.75) is 38.5 Å². The molecule has 0 radical (unpaired) electrons. The first-order valence-electron chi connectivity index (χ1n) is 7.73. The number of nitrogens with one attached hydrogen (secondary N) is 1. The number of rotatable bonds is 5. The van der Waals surface area contributed by atoms with Crippen LogP contribution in [-0.4, -0.2) is 38.9 Å². The van der Waals surface area contributed by atoms with Crippen LogP contribution in [-0.2, 0) is 10.0 Å². The molecule has 1 fully saturated rings. The van der Waals surface area contributed by atoms with E-state index in [0.717, 1.165) is 37.1 Å². The zero-order valence-corrected chi connectivity index (χ0v) is 15.3. The van der Waals surface area contributed by atoms with E-state index >= 15 is 0 Å². The van der Waals surface area contributed by atoms with Gasteiger partial charge in [0.1, 0.15) is 0 Å². The first-order chi connectivity index (χ1) is 9.95. The Morgan fingerprint density at radius 1 is 1.18 bits per heavy atom. The lowest BCUT2D eigenvalue weighted by atomic mass is 9.98. The third-order valence-electron chi connectivity index (χ3n) is 4.37. The Labute approximate surface area is 140 Å². The molecule has 4 nitrogen and oxygen atoms in total. The third-order valence-corrected chi connectivity index (χ3v) is 6.27. The van der Waals surface area contributed by atoms with Crippen molar-refractivity contribution in [1.82, 2.24) is 9.62 Å². The van der Waals surface area contributed by atoms with Gasteiger partial charge in [-0.25, -0.2) is 8.42 Å². The van der Waals surface area contributed by atoms with Gasteiger partial charge in [0.25, 0.3) is 0 Å². The second-order valence-corrected chi connectivity index (χ2v) is 7.84. The number of nitrogens with zero attached hydrogens (tertiary/aromatic N) is 1. The molecule has 1 saturated heterocycles. The van der Waals surface area contributed by atoms with Crippen LogP contribution >= 0.6 is 12.4 Å². The van der Waals surface area contributed by atoms with Gasteiger partial charge in [0.05, 0.1) is 4.90 Å². The Bertz CT molecular complexity index is 582. The molecule has 1 N–H and O–H groups in total. The third kappa shape index (κ3) is 4.44. The summed E-state index contributed by atoms with van der Waals surface area (Å²) in [5, 5.41) is 3.35. The van der Waals surface area contributed by atoms with E-state index in [1.165, 1.54) is 0 Å². The number of halogens is 1. The second kappa shape index (κ2) is 8.29. The molecule has 1 aliphatic rings. The maximum absolute atomic E-state index is 12.7. The summed E-state index contributed by atoms with van der Waals surface area (Å²) in [5.74, 6) is 0.594. The molecule has 1 heterocycles. The second-order valence-electron chi connectivity index (χ2n) is 5.90. The number of hydrogen-bond acceptors (Lipinski definition) is 3. The van der Waals surface area contributed by atoms with E-state index in [2.05, 4.69) is 12.2 Å². The van der Waals surface area contributed by atoms with Crippen molar-refractivity contribution in [3.63, 3.8) is 0 Å². The molecule has 0 spiro atoms. The topological polar surface area (TPSA) is 49.4 Å². The highest BCUT2D eigenvalue weighted by atomic mass is 35.5. The van der Waals surface area contributed by atoms with E-state index in [-0.39, 0.29) is 12.4 Å². The van der Waals surface area contributed by atoms with Crippen molar-refractivity contribution in [3.05, 3.63) is 29.3 Å². The predicted molar refractivity (Wildman–Crippen MR) is 93.2 cm³/mol. The van der Waals surface area contributed by atoms with Crippen LogP contribution in [0.3, 0.4) is 0 Å². The van der Waals surface area contributed by atoms with Crippen LogP contribution in [0.2, 0.25) is 0 Å². The van der Waals surface area contributed by atoms with Gasteiger partial charge in [-0.05, 0) is 69.0 Å². The van der Waals surface area contributed by atoms with E-state index in [9.17, 15) is 8.42 Å². The lowest BCUT2D eigenvalue weighted by molar-refractivity contribution is 0.268. The molecule has 126 valence electrons. The summed E-state index contributed by atoms with van der Waals surface area (Å²) in [5.41, 5.74) is 2.15. The highest BCUT2D eigenvalue weighted by Gasteiger charge is 2.29. The maximum Gasteiger partial charge on any atom is 0.243 e. The summed E-state index contributed by atoms with van der Waals surface area (Å²) in [4.78, 5) is 0.427. The Morgan fingerprint density at radius 2 is 1.82 bits per heavy atom. The minimum absolute atomic E-state index is 0. The van der Waals surface area contributed by atoms with Crippen molar-refractivity contribution in [3.8, 4) is 0 Å². The Kier molecular flexibility index (Phi) is 7.32. The van der Waals surface area contributed by atoms with Gasteiger partial charge in [0, 0.05) is 13.1 Å². The smallest absolute Gasteiger partial charge is 0.243 e. The minimum Gasteiger partial charge on any atom is -0.317 e. The van der Waals surface area contributed by atoms with Crippen molar-refractivity contribution in [2.75, 3.05) is 26.2 Å². The highest BCUT2D eigenvalue weighted by molar-refractivity contribution is 7.89. The van der Waals surface area contributed by atoms with Crippen LogP contribution < -0.4 is 5.32 Å².